The van der Waals surface area contributed by atoms with Crippen LogP contribution in [-0.4, -0.2) is 59.3 Å². The zero-order valence-electron chi connectivity index (χ0n) is 21.0. The second-order valence-electron chi connectivity index (χ2n) is 9.71. The zero-order chi connectivity index (χ0) is 25.9. The standard InChI is InChI=1S/C28H32Cl2N4O3/c1-37-19-27(35)33(22-10-11-23(29)24(30)18-22)21-12-14-31(15-13-21)16-17-32-25-8-4-5-9-26(25)34(28(32)36)20-6-2-3-7-20/h4-6,8-11,18,21H,2-3,7,12-17,19H2,1H3. The molecule has 0 spiro atoms. The fourth-order valence-electron chi connectivity index (χ4n) is 5.59. The number of ether oxygens (including phenoxy) is 1. The Kier molecular flexibility index (Phi) is 8.05. The van der Waals surface area contributed by atoms with Gasteiger partial charge in [0.05, 0.1) is 21.1 Å². The van der Waals surface area contributed by atoms with Crippen LogP contribution in [0.4, 0.5) is 5.69 Å². The minimum atomic E-state index is -0.0973. The summed E-state index contributed by atoms with van der Waals surface area (Å²) in [5, 5.41) is 0.880. The quantitative estimate of drug-likeness (QED) is 0.388. The Bertz CT molecular complexity index is 1370. The maximum Gasteiger partial charge on any atom is 0.333 e. The minimum absolute atomic E-state index is 0.00384. The molecule has 5 rings (SSSR count). The lowest BCUT2D eigenvalue weighted by molar-refractivity contribution is -0.122. The van der Waals surface area contributed by atoms with Crippen LogP contribution in [0.1, 0.15) is 32.1 Å². The number of imidazole rings is 1. The third-order valence-corrected chi connectivity index (χ3v) is 8.16. The first-order valence-corrected chi connectivity index (χ1v) is 13.6. The maximum absolute atomic E-state index is 13.4. The largest absolute Gasteiger partial charge is 0.375 e. The molecule has 3 aromatic rings. The first kappa shape index (κ1) is 26.0. The van der Waals surface area contributed by atoms with Crippen molar-refractivity contribution in [2.75, 3.05) is 38.3 Å². The predicted octanol–water partition coefficient (Wildman–Crippen LogP) is 5.28. The van der Waals surface area contributed by atoms with Crippen molar-refractivity contribution in [1.82, 2.24) is 14.0 Å². The van der Waals surface area contributed by atoms with Gasteiger partial charge in [-0.1, -0.05) is 41.4 Å². The average Bonchev–Trinajstić information content (AvgIpc) is 3.52. The predicted molar refractivity (Wildman–Crippen MR) is 150 cm³/mol. The van der Waals surface area contributed by atoms with Crippen molar-refractivity contribution >= 4 is 51.5 Å². The molecule has 2 aliphatic rings. The second kappa shape index (κ2) is 11.4. The molecular weight excluding hydrogens is 511 g/mol. The van der Waals surface area contributed by atoms with Crippen LogP contribution < -0.4 is 10.6 Å². The number of allylic oxidation sites excluding steroid dienone is 2. The molecule has 1 fully saturated rings. The lowest BCUT2D eigenvalue weighted by Gasteiger charge is -2.38. The molecule has 1 amide bonds. The van der Waals surface area contributed by atoms with Gasteiger partial charge in [-0.15, -0.1) is 0 Å². The second-order valence-corrected chi connectivity index (χ2v) is 10.5. The topological polar surface area (TPSA) is 59.7 Å². The van der Waals surface area contributed by atoms with Crippen molar-refractivity contribution in [2.45, 2.75) is 44.7 Å². The number of fused-ring (bicyclic) bond motifs is 1. The number of rotatable bonds is 8. The number of benzene rings is 2. The average molecular weight is 543 g/mol. The van der Waals surface area contributed by atoms with Crippen LogP contribution in [-0.2, 0) is 16.1 Å². The zero-order valence-corrected chi connectivity index (χ0v) is 22.5. The van der Waals surface area contributed by atoms with E-state index in [-0.39, 0.29) is 24.2 Å². The van der Waals surface area contributed by atoms with Gasteiger partial charge in [-0.05, 0) is 62.4 Å². The van der Waals surface area contributed by atoms with Crippen molar-refractivity contribution < 1.29 is 9.53 Å². The number of aromatic nitrogens is 2. The van der Waals surface area contributed by atoms with E-state index >= 15 is 0 Å². The fourth-order valence-corrected chi connectivity index (χ4v) is 5.88. The molecule has 2 aromatic carbocycles. The molecule has 0 saturated carbocycles. The van der Waals surface area contributed by atoms with Gasteiger partial charge in [-0.3, -0.25) is 13.9 Å². The third-order valence-electron chi connectivity index (χ3n) is 7.42. The van der Waals surface area contributed by atoms with Gasteiger partial charge in [0.15, 0.2) is 0 Å². The number of hydrogen-bond donors (Lipinski definition) is 0. The molecule has 0 N–H and O–H groups in total. The van der Waals surface area contributed by atoms with Gasteiger partial charge in [0.1, 0.15) is 6.61 Å². The van der Waals surface area contributed by atoms with E-state index in [2.05, 4.69) is 11.0 Å². The van der Waals surface area contributed by atoms with Gasteiger partial charge in [-0.2, -0.15) is 0 Å². The molecule has 1 aliphatic carbocycles. The Morgan fingerprint density at radius 1 is 1.05 bits per heavy atom. The molecular formula is C28H32Cl2N4O3. The van der Waals surface area contributed by atoms with Gasteiger partial charge in [-0.25, -0.2) is 4.79 Å². The van der Waals surface area contributed by atoms with Crippen molar-refractivity contribution in [3.63, 3.8) is 0 Å². The summed E-state index contributed by atoms with van der Waals surface area (Å²) in [6.45, 7) is 3.08. The summed E-state index contributed by atoms with van der Waals surface area (Å²) in [6, 6.07) is 13.4. The van der Waals surface area contributed by atoms with Crippen LogP contribution in [0, 0.1) is 0 Å². The smallest absolute Gasteiger partial charge is 0.333 e. The third kappa shape index (κ3) is 5.36. The summed E-state index contributed by atoms with van der Waals surface area (Å²) in [4.78, 5) is 30.6. The van der Waals surface area contributed by atoms with E-state index in [1.165, 1.54) is 7.11 Å². The van der Waals surface area contributed by atoms with Gasteiger partial charge < -0.3 is 14.5 Å². The highest BCUT2D eigenvalue weighted by Crippen LogP contribution is 2.31. The van der Waals surface area contributed by atoms with E-state index in [9.17, 15) is 9.59 Å². The van der Waals surface area contributed by atoms with Crippen LogP contribution in [0.2, 0.25) is 10.0 Å². The summed E-state index contributed by atoms with van der Waals surface area (Å²) in [5.41, 5.74) is 3.85. The monoisotopic (exact) mass is 542 g/mol. The number of piperidine rings is 1. The van der Waals surface area contributed by atoms with Crippen LogP contribution in [0.15, 0.2) is 53.3 Å². The van der Waals surface area contributed by atoms with Crippen LogP contribution in [0.25, 0.3) is 16.7 Å². The lowest BCUT2D eigenvalue weighted by Crippen LogP contribution is -2.49. The first-order chi connectivity index (χ1) is 18.0. The number of para-hydroxylation sites is 2. The Morgan fingerprint density at radius 3 is 2.49 bits per heavy atom. The van der Waals surface area contributed by atoms with Crippen molar-refractivity contribution in [3.05, 3.63) is 69.1 Å². The van der Waals surface area contributed by atoms with E-state index < -0.39 is 0 Å². The highest BCUT2D eigenvalue weighted by Gasteiger charge is 2.29. The van der Waals surface area contributed by atoms with Crippen LogP contribution in [0.5, 0.6) is 0 Å². The molecule has 1 saturated heterocycles. The SMILES string of the molecule is COCC(=O)N(c1ccc(Cl)c(Cl)c1)C1CCN(CCn2c(=O)n(C3=CCCC3)c3ccccc32)CC1. The van der Waals surface area contributed by atoms with Gasteiger partial charge >= 0.3 is 5.69 Å². The summed E-state index contributed by atoms with van der Waals surface area (Å²) >= 11 is 12.4. The van der Waals surface area contributed by atoms with Crippen LogP contribution in [0.3, 0.4) is 0 Å². The normalized spacial score (nSPS) is 16.9. The molecule has 37 heavy (non-hydrogen) atoms. The van der Waals surface area contributed by atoms with Gasteiger partial charge in [0, 0.05) is 50.7 Å². The number of anilines is 1. The molecule has 0 bridgehead atoms. The molecule has 1 aromatic heterocycles. The number of methoxy groups -OCH3 is 1. The Labute approximate surface area is 226 Å². The number of carbonyl (C=O) groups excluding carboxylic acids is 1. The highest BCUT2D eigenvalue weighted by atomic mass is 35.5. The molecule has 1 aliphatic heterocycles. The molecule has 0 atom stereocenters. The summed E-state index contributed by atoms with van der Waals surface area (Å²) in [5.74, 6) is -0.0973. The molecule has 0 radical (unpaired) electrons. The van der Waals surface area contributed by atoms with Gasteiger partial charge in [0.25, 0.3) is 5.91 Å². The molecule has 0 unspecified atom stereocenters. The lowest BCUT2D eigenvalue weighted by atomic mass is 10.0. The summed E-state index contributed by atoms with van der Waals surface area (Å²) in [7, 11) is 1.52. The number of nitrogens with zero attached hydrogens (tertiary/aromatic N) is 4. The fraction of sp³-hybridized carbons (Fsp3) is 0.429. The highest BCUT2D eigenvalue weighted by molar-refractivity contribution is 6.42. The maximum atomic E-state index is 13.4. The Hall–Kier alpha value is -2.58. The van der Waals surface area contributed by atoms with Crippen molar-refractivity contribution in [1.29, 1.82) is 0 Å². The van der Waals surface area contributed by atoms with E-state index in [0.29, 0.717) is 16.6 Å². The Balaban J connectivity index is 1.28. The minimum Gasteiger partial charge on any atom is -0.375 e. The first-order valence-electron chi connectivity index (χ1n) is 12.9. The number of hydrogen-bond acceptors (Lipinski definition) is 4. The van der Waals surface area contributed by atoms with E-state index in [4.69, 9.17) is 27.9 Å². The molecule has 7 nitrogen and oxygen atoms in total. The molecule has 196 valence electrons. The molecule has 9 heteroatoms. The van der Waals surface area contributed by atoms with Crippen molar-refractivity contribution in [3.8, 4) is 0 Å². The summed E-state index contributed by atoms with van der Waals surface area (Å²) < 4.78 is 8.95. The number of likely N-dealkylation sites (tertiary alicyclic amines) is 1. The van der Waals surface area contributed by atoms with E-state index in [1.807, 2.05) is 39.5 Å². The number of halogens is 2. The number of amides is 1. The van der Waals surface area contributed by atoms with E-state index in [1.54, 1.807) is 17.0 Å². The number of carbonyl (C=O) groups is 1. The van der Waals surface area contributed by atoms with Crippen molar-refractivity contribution in [2.24, 2.45) is 0 Å². The Morgan fingerprint density at radius 2 is 1.81 bits per heavy atom. The molecule has 2 heterocycles. The summed E-state index contributed by atoms with van der Waals surface area (Å²) in [6.07, 6.45) is 6.90. The van der Waals surface area contributed by atoms with Gasteiger partial charge in [0.2, 0.25) is 0 Å². The van der Waals surface area contributed by atoms with E-state index in [0.717, 1.165) is 74.2 Å². The van der Waals surface area contributed by atoms with Crippen LogP contribution >= 0.6 is 23.2 Å².